The van der Waals surface area contributed by atoms with Crippen LogP contribution < -0.4 is 10.9 Å². The number of hydrogen-bond acceptors (Lipinski definition) is 7. The zero-order valence-electron chi connectivity index (χ0n) is 11.7. The Morgan fingerprint density at radius 2 is 2.08 bits per heavy atom. The van der Waals surface area contributed by atoms with Gasteiger partial charge in [0.15, 0.2) is 5.56 Å². The molecule has 7 nitrogen and oxygen atoms in total. The summed E-state index contributed by atoms with van der Waals surface area (Å²) in [6.07, 6.45) is 0. The van der Waals surface area contributed by atoms with Crippen LogP contribution in [-0.2, 0) is 5.38 Å². The second kappa shape index (κ2) is 6.21. The third-order valence-corrected chi connectivity index (χ3v) is 4.39. The molecule has 0 radical (unpaired) electrons. The van der Waals surface area contributed by atoms with Crippen LogP contribution in [-0.4, -0.2) is 21.2 Å². The minimum absolute atomic E-state index is 0.0217. The Kier molecular flexibility index (Phi) is 4.35. The van der Waals surface area contributed by atoms with Crippen molar-refractivity contribution in [3.05, 3.63) is 44.2 Å². The summed E-state index contributed by atoms with van der Waals surface area (Å²) < 4.78 is 30.8. The molecule has 0 aliphatic heterocycles. The lowest BCUT2D eigenvalue weighted by atomic mass is 10.1. The van der Waals surface area contributed by atoms with Gasteiger partial charge in [-0.15, -0.1) is 10.2 Å². The summed E-state index contributed by atoms with van der Waals surface area (Å²) in [6, 6.07) is 4.06. The number of nitrogens with one attached hydrogen (secondary N) is 1. The molecule has 1 amide bonds. The van der Waals surface area contributed by atoms with Crippen LogP contribution in [0.15, 0.2) is 27.4 Å². The summed E-state index contributed by atoms with van der Waals surface area (Å²) in [6.45, 7) is 0. The van der Waals surface area contributed by atoms with Crippen LogP contribution in [0.2, 0.25) is 5.02 Å². The fourth-order valence-electron chi connectivity index (χ4n) is 1.91. The SMILES string of the molecule is O=C(Nc1nnc(C(F)(F)Cl)s1)c1c(O)c2ccc(Cl)cc2oc1=O. The van der Waals surface area contributed by atoms with Gasteiger partial charge < -0.3 is 9.52 Å². The van der Waals surface area contributed by atoms with E-state index in [0.29, 0.717) is 11.3 Å². The second-order valence-corrected chi connectivity index (χ2v) is 6.51. The van der Waals surface area contributed by atoms with Crippen molar-refractivity contribution in [2.24, 2.45) is 0 Å². The molecule has 0 unspecified atom stereocenters. The quantitative estimate of drug-likeness (QED) is 0.508. The van der Waals surface area contributed by atoms with Crippen molar-refractivity contribution in [2.75, 3.05) is 5.32 Å². The van der Waals surface area contributed by atoms with Gasteiger partial charge in [-0.05, 0) is 23.7 Å². The van der Waals surface area contributed by atoms with Gasteiger partial charge in [0.25, 0.3) is 5.91 Å². The first kappa shape index (κ1) is 17.5. The van der Waals surface area contributed by atoms with Crippen molar-refractivity contribution < 1.29 is 23.1 Å². The van der Waals surface area contributed by atoms with Gasteiger partial charge in [0, 0.05) is 11.1 Å². The standard InChI is InChI=1S/C13H5Cl2F2N3O4S/c14-4-1-2-5-6(3-4)24-10(23)7(8(5)21)9(22)18-12-20-19-11(25-12)13(15,16)17/h1-3,21H,(H,18,20,22). The lowest BCUT2D eigenvalue weighted by Gasteiger charge is -2.06. The Labute approximate surface area is 150 Å². The maximum Gasteiger partial charge on any atom is 0.375 e. The molecule has 0 spiro atoms. The van der Waals surface area contributed by atoms with E-state index in [-0.39, 0.29) is 21.1 Å². The molecule has 3 rings (SSSR count). The molecule has 0 atom stereocenters. The van der Waals surface area contributed by atoms with Crippen molar-refractivity contribution >= 4 is 56.5 Å². The number of aromatic nitrogens is 2. The molecule has 0 aliphatic rings. The summed E-state index contributed by atoms with van der Waals surface area (Å²) in [7, 11) is 0. The van der Waals surface area contributed by atoms with E-state index in [1.165, 1.54) is 18.2 Å². The molecule has 0 saturated carbocycles. The number of amides is 1. The van der Waals surface area contributed by atoms with Gasteiger partial charge in [-0.3, -0.25) is 10.1 Å². The van der Waals surface area contributed by atoms with E-state index in [0.717, 1.165) is 0 Å². The van der Waals surface area contributed by atoms with Gasteiger partial charge in [-0.25, -0.2) is 4.79 Å². The number of aromatic hydroxyl groups is 1. The fourth-order valence-corrected chi connectivity index (χ4v) is 2.83. The molecule has 25 heavy (non-hydrogen) atoms. The van der Waals surface area contributed by atoms with Crippen molar-refractivity contribution in [3.8, 4) is 5.75 Å². The van der Waals surface area contributed by atoms with Crippen molar-refractivity contribution in [1.82, 2.24) is 10.2 Å². The van der Waals surface area contributed by atoms with Crippen molar-refractivity contribution in [3.63, 3.8) is 0 Å². The smallest absolute Gasteiger partial charge is 0.375 e. The Morgan fingerprint density at radius 1 is 1.36 bits per heavy atom. The number of nitrogens with zero attached hydrogens (tertiary/aromatic N) is 2. The summed E-state index contributed by atoms with van der Waals surface area (Å²) in [5.74, 6) is -1.75. The first-order chi connectivity index (χ1) is 11.7. The molecule has 0 aliphatic carbocycles. The van der Waals surface area contributed by atoms with E-state index in [4.69, 9.17) is 27.6 Å². The van der Waals surface area contributed by atoms with Crippen LogP contribution in [0.3, 0.4) is 0 Å². The molecule has 1 aromatic carbocycles. The summed E-state index contributed by atoms with van der Waals surface area (Å²) >= 11 is 10.9. The highest BCUT2D eigenvalue weighted by molar-refractivity contribution is 7.15. The number of alkyl halides is 3. The minimum atomic E-state index is -3.75. The van der Waals surface area contributed by atoms with Crippen LogP contribution in [0, 0.1) is 0 Å². The summed E-state index contributed by atoms with van der Waals surface area (Å²) in [5.41, 5.74) is -1.88. The maximum atomic E-state index is 12.9. The van der Waals surface area contributed by atoms with E-state index in [9.17, 15) is 23.5 Å². The van der Waals surface area contributed by atoms with Crippen LogP contribution in [0.25, 0.3) is 11.0 Å². The van der Waals surface area contributed by atoms with Crippen molar-refractivity contribution in [2.45, 2.75) is 5.38 Å². The van der Waals surface area contributed by atoms with E-state index >= 15 is 0 Å². The Balaban J connectivity index is 1.99. The monoisotopic (exact) mass is 407 g/mol. The second-order valence-electron chi connectivity index (χ2n) is 4.62. The molecule has 130 valence electrons. The number of anilines is 1. The largest absolute Gasteiger partial charge is 0.506 e. The van der Waals surface area contributed by atoms with E-state index in [1.54, 1.807) is 0 Å². The van der Waals surface area contributed by atoms with Crippen molar-refractivity contribution in [1.29, 1.82) is 0 Å². The maximum absolute atomic E-state index is 12.9. The zero-order chi connectivity index (χ0) is 18.4. The van der Waals surface area contributed by atoms with Crippen LogP contribution in [0.4, 0.5) is 13.9 Å². The average Bonchev–Trinajstić information content (AvgIpc) is 2.95. The molecule has 12 heteroatoms. The van der Waals surface area contributed by atoms with E-state index in [1.807, 2.05) is 0 Å². The van der Waals surface area contributed by atoms with Gasteiger partial charge in [0.2, 0.25) is 10.1 Å². The Morgan fingerprint density at radius 3 is 2.72 bits per heavy atom. The van der Waals surface area contributed by atoms with Crippen LogP contribution in [0.1, 0.15) is 15.4 Å². The predicted molar refractivity (Wildman–Crippen MR) is 86.8 cm³/mol. The van der Waals surface area contributed by atoms with E-state index in [2.05, 4.69) is 15.5 Å². The molecule has 0 saturated heterocycles. The normalized spacial score (nSPS) is 11.7. The molecular weight excluding hydrogens is 403 g/mol. The number of hydrogen-bond donors (Lipinski definition) is 2. The Bertz CT molecular complexity index is 1050. The first-order valence-corrected chi connectivity index (χ1v) is 7.91. The van der Waals surface area contributed by atoms with Gasteiger partial charge in [0.05, 0.1) is 5.39 Å². The van der Waals surface area contributed by atoms with Gasteiger partial charge >= 0.3 is 11.0 Å². The molecule has 3 aromatic rings. The lowest BCUT2D eigenvalue weighted by molar-refractivity contribution is 0.0939. The van der Waals surface area contributed by atoms with Crippen LogP contribution in [0.5, 0.6) is 5.75 Å². The topological polar surface area (TPSA) is 105 Å². The molecule has 2 N–H and O–H groups in total. The number of carbonyl (C=O) groups excluding carboxylic acids is 1. The number of carbonyl (C=O) groups is 1. The van der Waals surface area contributed by atoms with Gasteiger partial charge in [0.1, 0.15) is 11.3 Å². The summed E-state index contributed by atoms with van der Waals surface area (Å²) in [4.78, 5) is 24.1. The fraction of sp³-hybridized carbons (Fsp3) is 0.0769. The molecule has 0 fully saturated rings. The first-order valence-electron chi connectivity index (χ1n) is 6.34. The summed E-state index contributed by atoms with van der Waals surface area (Å²) in [5, 5.41) is 14.1. The van der Waals surface area contributed by atoms with E-state index < -0.39 is 33.2 Å². The molecule has 0 bridgehead atoms. The highest BCUT2D eigenvalue weighted by Crippen LogP contribution is 2.36. The molecular formula is C13H5Cl2F2N3O4S. The minimum Gasteiger partial charge on any atom is -0.506 e. The number of rotatable bonds is 3. The third-order valence-electron chi connectivity index (χ3n) is 2.96. The van der Waals surface area contributed by atoms with Crippen LogP contribution >= 0.6 is 34.5 Å². The number of benzene rings is 1. The number of fused-ring (bicyclic) bond motifs is 1. The average molecular weight is 408 g/mol. The highest BCUT2D eigenvalue weighted by atomic mass is 35.5. The van der Waals surface area contributed by atoms with Gasteiger partial charge in [-0.2, -0.15) is 8.78 Å². The third kappa shape index (κ3) is 3.41. The predicted octanol–water partition coefficient (Wildman–Crippen LogP) is 3.54. The molecule has 2 aromatic heterocycles. The Hall–Kier alpha value is -2.30. The highest BCUT2D eigenvalue weighted by Gasteiger charge is 2.33. The van der Waals surface area contributed by atoms with Gasteiger partial charge in [-0.1, -0.05) is 22.9 Å². The molecule has 2 heterocycles. The zero-order valence-corrected chi connectivity index (χ0v) is 14.0. The lowest BCUT2D eigenvalue weighted by Crippen LogP contribution is -2.21. The number of halogens is 4.